The molecule has 4 rings (SSSR count). The van der Waals surface area contributed by atoms with E-state index in [1.165, 1.54) is 33.0 Å². The maximum absolute atomic E-state index is 2.33. The van der Waals surface area contributed by atoms with Crippen molar-refractivity contribution in [1.29, 1.82) is 0 Å². The third-order valence-corrected chi connectivity index (χ3v) is 4.65. The fraction of sp³-hybridized carbons (Fsp3) is 0.0833. The summed E-state index contributed by atoms with van der Waals surface area (Å²) < 4.78 is 0. The maximum atomic E-state index is 2.33. The highest BCUT2D eigenvalue weighted by Gasteiger charge is 2.16. The zero-order valence-corrected chi connectivity index (χ0v) is 13.8. The minimum absolute atomic E-state index is 0.261. The molecule has 0 heterocycles. The molecule has 0 amide bonds. The van der Waals surface area contributed by atoms with E-state index in [-0.39, 0.29) is 5.92 Å². The first-order chi connectivity index (χ1) is 11.8. The van der Waals surface area contributed by atoms with Crippen molar-refractivity contribution in [3.63, 3.8) is 0 Å². The molecule has 0 bridgehead atoms. The maximum Gasteiger partial charge on any atom is 0.0340 e. The Morgan fingerprint density at radius 3 is 1.83 bits per heavy atom. The summed E-state index contributed by atoms with van der Waals surface area (Å²) in [6, 6.07) is 35.1. The van der Waals surface area contributed by atoms with Gasteiger partial charge < -0.3 is 0 Å². The van der Waals surface area contributed by atoms with Crippen LogP contribution in [0.15, 0.2) is 97.1 Å². The number of hydrogen-bond donors (Lipinski definition) is 0. The molecule has 116 valence electrons. The lowest BCUT2D eigenvalue weighted by Gasteiger charge is -2.19. The summed E-state index contributed by atoms with van der Waals surface area (Å²) >= 11 is 0. The molecule has 0 N–H and O–H groups in total. The van der Waals surface area contributed by atoms with Crippen LogP contribution in [0.2, 0.25) is 0 Å². The van der Waals surface area contributed by atoms with Crippen LogP contribution in [-0.2, 0) is 0 Å². The lowest BCUT2D eigenvalue weighted by molar-refractivity contribution is 0.979. The van der Waals surface area contributed by atoms with Crippen LogP contribution in [0.5, 0.6) is 0 Å². The Balaban J connectivity index is 1.89. The molecule has 1 atom stereocenters. The van der Waals surface area contributed by atoms with Crippen molar-refractivity contribution in [2.24, 2.45) is 0 Å². The van der Waals surface area contributed by atoms with Gasteiger partial charge in [-0.15, -0.1) is 0 Å². The molecule has 0 fully saturated rings. The highest BCUT2D eigenvalue weighted by Crippen LogP contribution is 2.33. The van der Waals surface area contributed by atoms with Crippen LogP contribution in [0.3, 0.4) is 0 Å². The van der Waals surface area contributed by atoms with E-state index in [2.05, 4.69) is 104 Å². The van der Waals surface area contributed by atoms with Crippen LogP contribution in [0, 0.1) is 6.92 Å². The van der Waals surface area contributed by atoms with Crippen molar-refractivity contribution in [1.82, 2.24) is 0 Å². The quantitative estimate of drug-likeness (QED) is 0.388. The minimum Gasteiger partial charge on any atom is -0.0622 e. The Morgan fingerprint density at radius 2 is 1.08 bits per heavy atom. The van der Waals surface area contributed by atoms with Gasteiger partial charge >= 0.3 is 0 Å². The summed E-state index contributed by atoms with van der Waals surface area (Å²) in [6.45, 7) is 2.14. The summed E-state index contributed by atoms with van der Waals surface area (Å²) in [5.74, 6) is 0.261. The van der Waals surface area contributed by atoms with Crippen LogP contribution in [0.1, 0.15) is 28.2 Å². The van der Waals surface area contributed by atoms with E-state index in [9.17, 15) is 0 Å². The van der Waals surface area contributed by atoms with E-state index >= 15 is 0 Å². The molecular formula is C24H20. The summed E-state index contributed by atoms with van der Waals surface area (Å²) in [4.78, 5) is 0. The number of rotatable bonds is 3. The van der Waals surface area contributed by atoms with Gasteiger partial charge in [-0.3, -0.25) is 0 Å². The molecule has 0 radical (unpaired) electrons. The van der Waals surface area contributed by atoms with Gasteiger partial charge in [0.05, 0.1) is 0 Å². The predicted molar refractivity (Wildman–Crippen MR) is 103 cm³/mol. The van der Waals surface area contributed by atoms with Crippen molar-refractivity contribution in [3.8, 4) is 0 Å². The van der Waals surface area contributed by atoms with Crippen LogP contribution in [0.4, 0.5) is 0 Å². The average molecular weight is 308 g/mol. The van der Waals surface area contributed by atoms with E-state index < -0.39 is 0 Å². The smallest absolute Gasteiger partial charge is 0.0340 e. The molecule has 0 aliphatic carbocycles. The molecule has 0 aliphatic heterocycles. The number of fused-ring (bicyclic) bond motifs is 1. The average Bonchev–Trinajstić information content (AvgIpc) is 2.64. The van der Waals surface area contributed by atoms with Gasteiger partial charge in [0.15, 0.2) is 0 Å². The van der Waals surface area contributed by atoms with E-state index in [4.69, 9.17) is 0 Å². The summed E-state index contributed by atoms with van der Waals surface area (Å²) in [6.07, 6.45) is 0. The third kappa shape index (κ3) is 2.83. The van der Waals surface area contributed by atoms with Gasteiger partial charge in [0, 0.05) is 5.92 Å². The molecule has 24 heavy (non-hydrogen) atoms. The summed E-state index contributed by atoms with van der Waals surface area (Å²) in [5, 5.41) is 2.58. The zero-order chi connectivity index (χ0) is 16.4. The van der Waals surface area contributed by atoms with Crippen molar-refractivity contribution in [2.75, 3.05) is 0 Å². The Bertz CT molecular complexity index is 950. The fourth-order valence-electron chi connectivity index (χ4n) is 3.37. The van der Waals surface area contributed by atoms with Crippen molar-refractivity contribution >= 4 is 10.8 Å². The second-order valence-electron chi connectivity index (χ2n) is 6.36. The largest absolute Gasteiger partial charge is 0.0622 e. The monoisotopic (exact) mass is 308 g/mol. The van der Waals surface area contributed by atoms with Crippen LogP contribution in [-0.4, -0.2) is 0 Å². The van der Waals surface area contributed by atoms with Crippen molar-refractivity contribution < 1.29 is 0 Å². The van der Waals surface area contributed by atoms with Crippen LogP contribution in [0.25, 0.3) is 10.8 Å². The van der Waals surface area contributed by atoms with Gasteiger partial charge in [0.1, 0.15) is 0 Å². The molecule has 0 aliphatic rings. The lowest BCUT2D eigenvalue weighted by Crippen LogP contribution is -2.03. The van der Waals surface area contributed by atoms with Gasteiger partial charge in [-0.05, 0) is 34.4 Å². The van der Waals surface area contributed by atoms with Crippen LogP contribution >= 0.6 is 0 Å². The molecule has 0 spiro atoms. The standard InChI is InChI=1S/C24H20/c1-18-11-13-21(14-12-18)24(20-8-3-2-4-9-20)23-16-15-19-7-5-6-10-22(19)17-23/h2-17,24H,1H3/t24-/m0/s1. The fourth-order valence-corrected chi connectivity index (χ4v) is 3.37. The molecule has 0 saturated carbocycles. The Kier molecular flexibility index (Phi) is 3.88. The lowest BCUT2D eigenvalue weighted by atomic mass is 9.84. The highest BCUT2D eigenvalue weighted by atomic mass is 14.2. The molecule has 0 saturated heterocycles. The molecule has 4 aromatic rings. The molecule has 4 aromatic carbocycles. The molecule has 0 nitrogen and oxygen atoms in total. The molecule has 0 aromatic heterocycles. The predicted octanol–water partition coefficient (Wildman–Crippen LogP) is 6.33. The van der Waals surface area contributed by atoms with Gasteiger partial charge in [-0.2, -0.15) is 0 Å². The normalized spacial score (nSPS) is 12.2. The van der Waals surface area contributed by atoms with Crippen LogP contribution < -0.4 is 0 Å². The van der Waals surface area contributed by atoms with Gasteiger partial charge in [0.25, 0.3) is 0 Å². The third-order valence-electron chi connectivity index (χ3n) is 4.65. The molecular weight excluding hydrogens is 288 g/mol. The number of aryl methyl sites for hydroxylation is 1. The summed E-state index contributed by atoms with van der Waals surface area (Å²) in [7, 11) is 0. The van der Waals surface area contributed by atoms with E-state index in [0.29, 0.717) is 0 Å². The Hall–Kier alpha value is -2.86. The van der Waals surface area contributed by atoms with E-state index in [1.54, 1.807) is 0 Å². The van der Waals surface area contributed by atoms with Crippen molar-refractivity contribution in [2.45, 2.75) is 12.8 Å². The Labute approximate surface area is 143 Å². The SMILES string of the molecule is Cc1ccc([C@H](c2ccccc2)c2ccc3ccccc3c2)cc1. The minimum atomic E-state index is 0.261. The van der Waals surface area contributed by atoms with Gasteiger partial charge in [-0.1, -0.05) is 103 Å². The first-order valence-corrected chi connectivity index (χ1v) is 8.41. The van der Waals surface area contributed by atoms with Gasteiger partial charge in [-0.25, -0.2) is 0 Å². The first-order valence-electron chi connectivity index (χ1n) is 8.41. The second-order valence-corrected chi connectivity index (χ2v) is 6.36. The number of benzene rings is 4. The molecule has 0 unspecified atom stereocenters. The zero-order valence-electron chi connectivity index (χ0n) is 13.8. The van der Waals surface area contributed by atoms with Crippen molar-refractivity contribution in [3.05, 3.63) is 119 Å². The van der Waals surface area contributed by atoms with E-state index in [0.717, 1.165) is 0 Å². The topological polar surface area (TPSA) is 0 Å². The first kappa shape index (κ1) is 14.7. The second kappa shape index (κ2) is 6.33. The van der Waals surface area contributed by atoms with E-state index in [1.807, 2.05) is 0 Å². The Morgan fingerprint density at radius 1 is 0.500 bits per heavy atom. The number of hydrogen-bond acceptors (Lipinski definition) is 0. The van der Waals surface area contributed by atoms with Gasteiger partial charge in [0.2, 0.25) is 0 Å². The molecule has 0 heteroatoms. The summed E-state index contributed by atoms with van der Waals surface area (Å²) in [5.41, 5.74) is 5.30. The highest BCUT2D eigenvalue weighted by molar-refractivity contribution is 5.83.